The number of anilines is 1. The number of para-hydroxylation sites is 1. The Morgan fingerprint density at radius 2 is 2.00 bits per heavy atom. The number of hydrogen-bond acceptors (Lipinski definition) is 3. The molecule has 1 fully saturated rings. The first-order chi connectivity index (χ1) is 9.16. The van der Waals surface area contributed by atoms with Crippen LogP contribution in [0.3, 0.4) is 0 Å². The van der Waals surface area contributed by atoms with Crippen LogP contribution in [0.15, 0.2) is 30.3 Å². The first kappa shape index (κ1) is 13.4. The lowest BCUT2D eigenvalue weighted by atomic mass is 10.3. The van der Waals surface area contributed by atoms with Crippen LogP contribution in [0.2, 0.25) is 0 Å². The Kier molecular flexibility index (Phi) is 4.39. The van der Waals surface area contributed by atoms with Crippen LogP contribution in [0, 0.1) is 0 Å². The zero-order valence-corrected chi connectivity index (χ0v) is 11.1. The SMILES string of the molecule is CN1CCCN(C(=O)CNc2ccccc2)CC1=O. The Labute approximate surface area is 113 Å². The van der Waals surface area contributed by atoms with Crippen LogP contribution in [-0.2, 0) is 9.59 Å². The molecule has 1 saturated heterocycles. The quantitative estimate of drug-likeness (QED) is 0.875. The third-order valence-corrected chi connectivity index (χ3v) is 3.24. The molecule has 0 saturated carbocycles. The van der Waals surface area contributed by atoms with E-state index in [4.69, 9.17) is 0 Å². The highest BCUT2D eigenvalue weighted by atomic mass is 16.2. The van der Waals surface area contributed by atoms with E-state index >= 15 is 0 Å². The van der Waals surface area contributed by atoms with E-state index in [1.54, 1.807) is 16.8 Å². The maximum Gasteiger partial charge on any atom is 0.242 e. The molecule has 0 radical (unpaired) electrons. The van der Waals surface area contributed by atoms with E-state index in [0.29, 0.717) is 13.1 Å². The Morgan fingerprint density at radius 1 is 1.26 bits per heavy atom. The second-order valence-corrected chi connectivity index (χ2v) is 4.70. The summed E-state index contributed by atoms with van der Waals surface area (Å²) in [6.07, 6.45) is 0.833. The second kappa shape index (κ2) is 6.22. The van der Waals surface area contributed by atoms with Crippen molar-refractivity contribution in [3.8, 4) is 0 Å². The summed E-state index contributed by atoms with van der Waals surface area (Å²) in [7, 11) is 1.78. The summed E-state index contributed by atoms with van der Waals surface area (Å²) in [5.41, 5.74) is 0.911. The Morgan fingerprint density at radius 3 is 2.74 bits per heavy atom. The maximum absolute atomic E-state index is 12.1. The molecule has 1 heterocycles. The van der Waals surface area contributed by atoms with Crippen molar-refractivity contribution < 1.29 is 9.59 Å². The molecule has 2 rings (SSSR count). The molecule has 1 aromatic rings. The van der Waals surface area contributed by atoms with Crippen LogP contribution in [0.1, 0.15) is 6.42 Å². The molecule has 5 heteroatoms. The molecular weight excluding hydrogens is 242 g/mol. The van der Waals surface area contributed by atoms with Gasteiger partial charge >= 0.3 is 0 Å². The lowest BCUT2D eigenvalue weighted by molar-refractivity contribution is -0.137. The fourth-order valence-electron chi connectivity index (χ4n) is 2.04. The van der Waals surface area contributed by atoms with Crippen molar-refractivity contribution in [1.29, 1.82) is 0 Å². The van der Waals surface area contributed by atoms with Crippen molar-refractivity contribution in [3.05, 3.63) is 30.3 Å². The van der Waals surface area contributed by atoms with Gasteiger partial charge in [-0.3, -0.25) is 9.59 Å². The minimum atomic E-state index is -0.0347. The lowest BCUT2D eigenvalue weighted by Crippen LogP contribution is -2.40. The Hall–Kier alpha value is -2.04. The second-order valence-electron chi connectivity index (χ2n) is 4.70. The van der Waals surface area contributed by atoms with Crippen LogP contribution in [0.25, 0.3) is 0 Å². The molecule has 0 aromatic heterocycles. The Bertz CT molecular complexity index is 447. The minimum Gasteiger partial charge on any atom is -0.376 e. The van der Waals surface area contributed by atoms with Gasteiger partial charge in [0.15, 0.2) is 0 Å². The van der Waals surface area contributed by atoms with E-state index in [0.717, 1.165) is 12.1 Å². The van der Waals surface area contributed by atoms with Crippen molar-refractivity contribution in [2.24, 2.45) is 0 Å². The van der Waals surface area contributed by atoms with Crippen LogP contribution in [0.4, 0.5) is 5.69 Å². The lowest BCUT2D eigenvalue weighted by Gasteiger charge is -2.20. The summed E-state index contributed by atoms with van der Waals surface area (Å²) in [6.45, 7) is 1.77. The van der Waals surface area contributed by atoms with Crippen molar-refractivity contribution in [1.82, 2.24) is 9.80 Å². The van der Waals surface area contributed by atoms with Gasteiger partial charge in [0.25, 0.3) is 0 Å². The molecular formula is C14H19N3O2. The predicted molar refractivity (Wildman–Crippen MR) is 73.8 cm³/mol. The predicted octanol–water partition coefficient (Wildman–Crippen LogP) is 0.789. The minimum absolute atomic E-state index is 0.00515. The van der Waals surface area contributed by atoms with Gasteiger partial charge in [0, 0.05) is 25.8 Å². The van der Waals surface area contributed by atoms with Gasteiger partial charge in [-0.1, -0.05) is 18.2 Å². The third kappa shape index (κ3) is 3.71. The number of nitrogens with zero attached hydrogens (tertiary/aromatic N) is 2. The monoisotopic (exact) mass is 261 g/mol. The highest BCUT2D eigenvalue weighted by Gasteiger charge is 2.22. The van der Waals surface area contributed by atoms with Gasteiger partial charge in [-0.2, -0.15) is 0 Å². The van der Waals surface area contributed by atoms with Gasteiger partial charge in [-0.25, -0.2) is 0 Å². The number of nitrogens with one attached hydrogen (secondary N) is 1. The molecule has 1 aliphatic rings. The van der Waals surface area contributed by atoms with Gasteiger partial charge in [-0.05, 0) is 18.6 Å². The number of rotatable bonds is 3. The highest BCUT2D eigenvalue weighted by molar-refractivity contribution is 5.87. The van der Waals surface area contributed by atoms with Crippen LogP contribution in [0.5, 0.6) is 0 Å². The number of hydrogen-bond donors (Lipinski definition) is 1. The molecule has 0 atom stereocenters. The van der Waals surface area contributed by atoms with Crippen molar-refractivity contribution in [2.75, 3.05) is 38.5 Å². The van der Waals surface area contributed by atoms with Crippen LogP contribution < -0.4 is 5.32 Å². The van der Waals surface area contributed by atoms with E-state index in [1.807, 2.05) is 30.3 Å². The average Bonchev–Trinajstić information content (AvgIpc) is 2.60. The summed E-state index contributed by atoms with van der Waals surface area (Å²) >= 11 is 0. The molecule has 1 aliphatic heterocycles. The van der Waals surface area contributed by atoms with E-state index in [-0.39, 0.29) is 24.9 Å². The first-order valence-corrected chi connectivity index (χ1v) is 6.47. The number of carbonyl (C=O) groups excluding carboxylic acids is 2. The number of amides is 2. The molecule has 19 heavy (non-hydrogen) atoms. The van der Waals surface area contributed by atoms with E-state index in [1.165, 1.54) is 0 Å². The van der Waals surface area contributed by atoms with Gasteiger partial charge in [0.1, 0.15) is 0 Å². The molecule has 0 spiro atoms. The number of likely N-dealkylation sites (N-methyl/N-ethyl adjacent to an activating group) is 1. The van der Waals surface area contributed by atoms with Crippen LogP contribution >= 0.6 is 0 Å². The standard InChI is InChI=1S/C14H19N3O2/c1-16-8-5-9-17(11-14(16)19)13(18)10-15-12-6-3-2-4-7-12/h2-4,6-7,15H,5,8-11H2,1H3. The summed E-state index contributed by atoms with van der Waals surface area (Å²) in [4.78, 5) is 27.1. The molecule has 0 bridgehead atoms. The van der Waals surface area contributed by atoms with E-state index < -0.39 is 0 Å². The molecule has 0 unspecified atom stereocenters. The fourth-order valence-corrected chi connectivity index (χ4v) is 2.04. The highest BCUT2D eigenvalue weighted by Crippen LogP contribution is 2.06. The summed E-state index contributed by atoms with van der Waals surface area (Å²) < 4.78 is 0. The van der Waals surface area contributed by atoms with E-state index in [9.17, 15) is 9.59 Å². The molecule has 2 amide bonds. The molecule has 1 N–H and O–H groups in total. The van der Waals surface area contributed by atoms with Gasteiger partial charge in [0.05, 0.1) is 13.1 Å². The van der Waals surface area contributed by atoms with Crippen molar-refractivity contribution in [2.45, 2.75) is 6.42 Å². The fraction of sp³-hybridized carbons (Fsp3) is 0.429. The van der Waals surface area contributed by atoms with Gasteiger partial charge in [0.2, 0.25) is 11.8 Å². The molecule has 5 nitrogen and oxygen atoms in total. The van der Waals surface area contributed by atoms with Crippen LogP contribution in [-0.4, -0.2) is 54.8 Å². The Balaban J connectivity index is 1.87. The normalized spacial score (nSPS) is 16.2. The first-order valence-electron chi connectivity index (χ1n) is 6.47. The van der Waals surface area contributed by atoms with Gasteiger partial charge in [-0.15, -0.1) is 0 Å². The summed E-state index contributed by atoms with van der Waals surface area (Å²) in [5, 5.41) is 3.07. The third-order valence-electron chi connectivity index (χ3n) is 3.24. The maximum atomic E-state index is 12.1. The molecule has 0 aliphatic carbocycles. The summed E-state index contributed by atoms with van der Waals surface area (Å²) in [5.74, 6) is -0.0296. The number of carbonyl (C=O) groups is 2. The number of benzene rings is 1. The van der Waals surface area contributed by atoms with Crippen molar-refractivity contribution >= 4 is 17.5 Å². The summed E-state index contributed by atoms with van der Waals surface area (Å²) in [6, 6.07) is 9.58. The topological polar surface area (TPSA) is 52.6 Å². The molecule has 102 valence electrons. The zero-order valence-electron chi connectivity index (χ0n) is 11.1. The molecule has 1 aromatic carbocycles. The van der Waals surface area contributed by atoms with Gasteiger partial charge < -0.3 is 15.1 Å². The average molecular weight is 261 g/mol. The van der Waals surface area contributed by atoms with Crippen molar-refractivity contribution in [3.63, 3.8) is 0 Å². The largest absolute Gasteiger partial charge is 0.376 e. The zero-order chi connectivity index (χ0) is 13.7. The smallest absolute Gasteiger partial charge is 0.242 e. The van der Waals surface area contributed by atoms with E-state index in [2.05, 4.69) is 5.32 Å².